The normalized spacial score (nSPS) is 12.0. The lowest BCUT2D eigenvalue weighted by Crippen LogP contribution is -2.14. The average Bonchev–Trinajstić information content (AvgIpc) is 2.52. The molecule has 0 atom stereocenters. The maximum Gasteiger partial charge on any atom is 0.392 e. The second-order valence-corrected chi connectivity index (χ2v) is 7.64. The van der Waals surface area contributed by atoms with Crippen molar-refractivity contribution in [3.8, 4) is 16.9 Å². The quantitative estimate of drug-likeness (QED) is 0.825. The van der Waals surface area contributed by atoms with Gasteiger partial charge in [-0.05, 0) is 41.5 Å². The zero-order chi connectivity index (χ0) is 19.5. The molecule has 0 aromatic heterocycles. The van der Waals surface area contributed by atoms with Gasteiger partial charge in [0.1, 0.15) is 5.75 Å². The topological polar surface area (TPSA) is 86.5 Å². The fourth-order valence-corrected chi connectivity index (χ4v) is 2.85. The predicted molar refractivity (Wildman–Crippen MR) is 89.7 cm³/mol. The summed E-state index contributed by atoms with van der Waals surface area (Å²) in [7, 11) is -3.45. The number of rotatable bonds is 6. The Labute approximate surface area is 148 Å². The molecule has 2 aromatic rings. The Morgan fingerprint density at radius 1 is 1.12 bits per heavy atom. The van der Waals surface area contributed by atoms with Gasteiger partial charge in [-0.2, -0.15) is 13.2 Å². The molecule has 0 aliphatic heterocycles. The SMILES string of the molecule is CS(=O)(=O)c1cccc(-c2cc(OCCC(F)(F)F)cc(C(N)=O)c2)c1. The van der Waals surface area contributed by atoms with Crippen LogP contribution >= 0.6 is 0 Å². The molecule has 1 amide bonds. The molecule has 0 saturated carbocycles. The van der Waals surface area contributed by atoms with Crippen molar-refractivity contribution >= 4 is 15.7 Å². The number of nitrogens with two attached hydrogens (primary N) is 1. The van der Waals surface area contributed by atoms with E-state index >= 15 is 0 Å². The van der Waals surface area contributed by atoms with Gasteiger partial charge in [0.2, 0.25) is 5.91 Å². The van der Waals surface area contributed by atoms with E-state index in [-0.39, 0.29) is 16.2 Å². The minimum absolute atomic E-state index is 0.0327. The summed E-state index contributed by atoms with van der Waals surface area (Å²) in [5.74, 6) is -0.753. The Hall–Kier alpha value is -2.55. The van der Waals surface area contributed by atoms with Crippen LogP contribution in [0.2, 0.25) is 0 Å². The van der Waals surface area contributed by atoms with Gasteiger partial charge in [-0.15, -0.1) is 0 Å². The van der Waals surface area contributed by atoms with Gasteiger partial charge in [0.25, 0.3) is 0 Å². The van der Waals surface area contributed by atoms with Crippen molar-refractivity contribution in [2.75, 3.05) is 12.9 Å². The van der Waals surface area contributed by atoms with E-state index in [1.54, 1.807) is 6.07 Å². The monoisotopic (exact) mass is 387 g/mol. The van der Waals surface area contributed by atoms with Crippen LogP contribution in [0.1, 0.15) is 16.8 Å². The van der Waals surface area contributed by atoms with Crippen LogP contribution in [0, 0.1) is 0 Å². The number of amides is 1. The van der Waals surface area contributed by atoms with E-state index in [0.717, 1.165) is 6.26 Å². The van der Waals surface area contributed by atoms with Crippen molar-refractivity contribution in [1.29, 1.82) is 0 Å². The largest absolute Gasteiger partial charge is 0.493 e. The maximum absolute atomic E-state index is 12.3. The van der Waals surface area contributed by atoms with Gasteiger partial charge in [-0.1, -0.05) is 12.1 Å². The highest BCUT2D eigenvalue weighted by Crippen LogP contribution is 2.28. The number of carbonyl (C=O) groups is 1. The minimum Gasteiger partial charge on any atom is -0.493 e. The lowest BCUT2D eigenvalue weighted by Gasteiger charge is -2.12. The Morgan fingerprint density at radius 2 is 1.81 bits per heavy atom. The molecule has 2 aromatic carbocycles. The van der Waals surface area contributed by atoms with Gasteiger partial charge in [0.05, 0.1) is 17.9 Å². The second-order valence-electron chi connectivity index (χ2n) is 5.62. The third-order valence-corrected chi connectivity index (χ3v) is 4.55. The highest BCUT2D eigenvalue weighted by atomic mass is 32.2. The fraction of sp³-hybridized carbons (Fsp3) is 0.235. The molecule has 2 N–H and O–H groups in total. The molecular weight excluding hydrogens is 371 g/mol. The number of sulfone groups is 1. The third kappa shape index (κ3) is 5.48. The zero-order valence-electron chi connectivity index (χ0n) is 13.7. The van der Waals surface area contributed by atoms with E-state index in [1.165, 1.54) is 36.4 Å². The second kappa shape index (κ2) is 7.36. The number of hydrogen-bond acceptors (Lipinski definition) is 4. The smallest absolute Gasteiger partial charge is 0.392 e. The molecule has 0 unspecified atom stereocenters. The summed E-state index contributed by atoms with van der Waals surface area (Å²) in [6, 6.07) is 10.0. The molecule has 0 spiro atoms. The van der Waals surface area contributed by atoms with Crippen LogP contribution in [0.4, 0.5) is 13.2 Å². The molecule has 9 heteroatoms. The molecule has 2 rings (SSSR count). The summed E-state index contributed by atoms with van der Waals surface area (Å²) >= 11 is 0. The summed E-state index contributed by atoms with van der Waals surface area (Å²) in [6.45, 7) is -0.617. The van der Waals surface area contributed by atoms with Crippen molar-refractivity contribution in [1.82, 2.24) is 0 Å². The van der Waals surface area contributed by atoms with E-state index in [1.807, 2.05) is 0 Å². The summed E-state index contributed by atoms with van der Waals surface area (Å²) in [4.78, 5) is 11.6. The van der Waals surface area contributed by atoms with Crippen LogP contribution in [0.15, 0.2) is 47.4 Å². The number of alkyl halides is 3. The molecule has 5 nitrogen and oxygen atoms in total. The molecule has 26 heavy (non-hydrogen) atoms. The molecule has 0 heterocycles. The van der Waals surface area contributed by atoms with Crippen LogP contribution in [0.25, 0.3) is 11.1 Å². The Balaban J connectivity index is 2.41. The summed E-state index contributed by atoms with van der Waals surface area (Å²) in [5, 5.41) is 0. The summed E-state index contributed by atoms with van der Waals surface area (Å²) in [5.41, 5.74) is 6.14. The Kier molecular flexibility index (Phi) is 5.60. The fourth-order valence-electron chi connectivity index (χ4n) is 2.18. The Bertz CT molecular complexity index is 924. The minimum atomic E-state index is -4.37. The zero-order valence-corrected chi connectivity index (χ0v) is 14.5. The molecule has 140 valence electrons. The third-order valence-electron chi connectivity index (χ3n) is 3.44. The number of halogens is 3. The maximum atomic E-state index is 12.3. The van der Waals surface area contributed by atoms with Crippen molar-refractivity contribution in [3.63, 3.8) is 0 Å². The summed E-state index contributed by atoms with van der Waals surface area (Å²) < 4.78 is 65.2. The predicted octanol–water partition coefficient (Wildman–Crippen LogP) is 3.19. The van der Waals surface area contributed by atoms with E-state index in [2.05, 4.69) is 0 Å². The van der Waals surface area contributed by atoms with E-state index < -0.39 is 34.9 Å². The van der Waals surface area contributed by atoms with E-state index in [4.69, 9.17) is 10.5 Å². The molecule has 0 saturated heterocycles. The van der Waals surface area contributed by atoms with Crippen molar-refractivity contribution < 1.29 is 31.1 Å². The molecule has 0 radical (unpaired) electrons. The molecular formula is C17H16F3NO4S. The summed E-state index contributed by atoms with van der Waals surface area (Å²) in [6.07, 6.45) is -4.46. The lowest BCUT2D eigenvalue weighted by atomic mass is 10.0. The van der Waals surface area contributed by atoms with Crippen molar-refractivity contribution in [2.45, 2.75) is 17.5 Å². The van der Waals surface area contributed by atoms with Gasteiger partial charge in [-0.25, -0.2) is 8.42 Å². The van der Waals surface area contributed by atoms with Crippen LogP contribution in [-0.4, -0.2) is 33.4 Å². The average molecular weight is 387 g/mol. The van der Waals surface area contributed by atoms with Gasteiger partial charge >= 0.3 is 6.18 Å². The van der Waals surface area contributed by atoms with Gasteiger partial charge in [-0.3, -0.25) is 4.79 Å². The van der Waals surface area contributed by atoms with Crippen LogP contribution in [-0.2, 0) is 9.84 Å². The standard InChI is InChI=1S/C17H16F3NO4S/c1-26(23,24)15-4-2-3-11(10-15)12-7-13(16(21)22)9-14(8-12)25-6-5-17(18,19)20/h2-4,7-10H,5-6H2,1H3,(H2,21,22). The number of ether oxygens (including phenoxy) is 1. The van der Waals surface area contributed by atoms with Gasteiger partial charge in [0.15, 0.2) is 9.84 Å². The van der Waals surface area contributed by atoms with Crippen LogP contribution in [0.5, 0.6) is 5.75 Å². The highest BCUT2D eigenvalue weighted by molar-refractivity contribution is 7.90. The van der Waals surface area contributed by atoms with Gasteiger partial charge < -0.3 is 10.5 Å². The lowest BCUT2D eigenvalue weighted by molar-refractivity contribution is -0.139. The number of carbonyl (C=O) groups excluding carboxylic acids is 1. The first kappa shape index (κ1) is 19.8. The molecule has 0 fully saturated rings. The first-order chi connectivity index (χ1) is 12.0. The molecule has 0 aliphatic rings. The van der Waals surface area contributed by atoms with E-state index in [0.29, 0.717) is 11.1 Å². The van der Waals surface area contributed by atoms with E-state index in [9.17, 15) is 26.4 Å². The van der Waals surface area contributed by atoms with Crippen molar-refractivity contribution in [2.24, 2.45) is 5.73 Å². The molecule has 0 aliphatic carbocycles. The van der Waals surface area contributed by atoms with Gasteiger partial charge in [0, 0.05) is 11.8 Å². The number of benzene rings is 2. The van der Waals surface area contributed by atoms with Crippen LogP contribution < -0.4 is 10.5 Å². The number of primary amides is 1. The van der Waals surface area contributed by atoms with Crippen molar-refractivity contribution in [3.05, 3.63) is 48.0 Å². The molecule has 0 bridgehead atoms. The first-order valence-electron chi connectivity index (χ1n) is 7.41. The Morgan fingerprint density at radius 3 is 2.38 bits per heavy atom. The first-order valence-corrected chi connectivity index (χ1v) is 9.30. The highest BCUT2D eigenvalue weighted by Gasteiger charge is 2.27. The number of hydrogen-bond donors (Lipinski definition) is 1. The van der Waals surface area contributed by atoms with Crippen LogP contribution in [0.3, 0.4) is 0 Å².